The fraction of sp³-hybridized carbons (Fsp3) is 0.167. The van der Waals surface area contributed by atoms with E-state index < -0.39 is 23.3 Å². The second-order valence-electron chi connectivity index (χ2n) is 6.92. The third-order valence-electron chi connectivity index (χ3n) is 5.04. The molecule has 31 heavy (non-hydrogen) atoms. The van der Waals surface area contributed by atoms with Crippen molar-refractivity contribution in [2.75, 3.05) is 0 Å². The van der Waals surface area contributed by atoms with Crippen LogP contribution in [0.1, 0.15) is 44.6 Å². The lowest BCUT2D eigenvalue weighted by atomic mass is 10.0. The van der Waals surface area contributed by atoms with E-state index in [1.54, 1.807) is 6.07 Å². The van der Waals surface area contributed by atoms with Crippen LogP contribution in [0.2, 0.25) is 0 Å². The van der Waals surface area contributed by atoms with Crippen LogP contribution in [0.15, 0.2) is 38.4 Å². The predicted octanol–water partition coefficient (Wildman–Crippen LogP) is -0.124. The average molecular weight is 423 g/mol. The molecule has 156 valence electrons. The molecule has 0 saturated heterocycles. The maximum Gasteiger partial charge on any atom is 0.439 e. The molecule has 4 aromatic rings. The number of hydrogen-bond donors (Lipinski definition) is 4. The zero-order valence-corrected chi connectivity index (χ0v) is 15.6. The molecule has 4 N–H and O–H groups in total. The van der Waals surface area contributed by atoms with Crippen molar-refractivity contribution in [3.63, 3.8) is 0 Å². The van der Waals surface area contributed by atoms with Crippen molar-refractivity contribution in [1.82, 2.24) is 35.0 Å². The molecular formula is C18H13N7O6. The SMILES string of the molecule is O=C(N[C@H]1CCc2cc(-c3noc(=O)[nH]3)ccc21)c1cc(C(=O)O)n2[nH]c(=O)nc2n1. The number of carboxylic acids is 1. The van der Waals surface area contributed by atoms with Crippen LogP contribution in [0.3, 0.4) is 0 Å². The van der Waals surface area contributed by atoms with Crippen molar-refractivity contribution in [1.29, 1.82) is 0 Å². The fourth-order valence-electron chi connectivity index (χ4n) is 3.66. The normalized spacial score (nSPS) is 15.2. The van der Waals surface area contributed by atoms with Crippen molar-refractivity contribution < 1.29 is 19.2 Å². The van der Waals surface area contributed by atoms with Gasteiger partial charge in [-0.2, -0.15) is 4.98 Å². The Morgan fingerprint density at radius 1 is 1.23 bits per heavy atom. The lowest BCUT2D eigenvalue weighted by Crippen LogP contribution is -2.28. The number of carbonyl (C=O) groups excluding carboxylic acids is 1. The van der Waals surface area contributed by atoms with E-state index in [0.29, 0.717) is 24.2 Å². The summed E-state index contributed by atoms with van der Waals surface area (Å²) >= 11 is 0. The Morgan fingerprint density at radius 2 is 2.06 bits per heavy atom. The molecule has 0 saturated carbocycles. The molecule has 0 spiro atoms. The minimum absolute atomic E-state index is 0.172. The molecule has 13 heteroatoms. The summed E-state index contributed by atoms with van der Waals surface area (Å²) in [6.07, 6.45) is 1.30. The van der Waals surface area contributed by atoms with E-state index in [2.05, 4.69) is 35.0 Å². The van der Waals surface area contributed by atoms with Gasteiger partial charge in [-0.25, -0.2) is 29.0 Å². The van der Waals surface area contributed by atoms with Crippen molar-refractivity contribution in [3.05, 3.63) is 67.8 Å². The van der Waals surface area contributed by atoms with E-state index in [1.165, 1.54) is 0 Å². The Morgan fingerprint density at radius 3 is 2.81 bits per heavy atom. The molecular weight excluding hydrogens is 410 g/mol. The van der Waals surface area contributed by atoms with Gasteiger partial charge in [-0.05, 0) is 30.0 Å². The summed E-state index contributed by atoms with van der Waals surface area (Å²) in [5.74, 6) is -2.49. The van der Waals surface area contributed by atoms with E-state index in [1.807, 2.05) is 12.1 Å². The number of nitrogens with one attached hydrogen (secondary N) is 3. The van der Waals surface area contributed by atoms with E-state index in [9.17, 15) is 24.3 Å². The lowest BCUT2D eigenvalue weighted by molar-refractivity contribution is 0.0687. The first kappa shape index (κ1) is 18.5. The summed E-state index contributed by atoms with van der Waals surface area (Å²) in [5, 5.41) is 18.1. The molecule has 3 aromatic heterocycles. The van der Waals surface area contributed by atoms with Gasteiger partial charge < -0.3 is 10.4 Å². The van der Waals surface area contributed by atoms with Gasteiger partial charge in [0.15, 0.2) is 11.5 Å². The van der Waals surface area contributed by atoms with Gasteiger partial charge in [0.25, 0.3) is 11.7 Å². The number of amides is 1. The smallest absolute Gasteiger partial charge is 0.439 e. The number of fused-ring (bicyclic) bond motifs is 2. The van der Waals surface area contributed by atoms with Gasteiger partial charge in [0.05, 0.1) is 6.04 Å². The molecule has 0 aliphatic heterocycles. The minimum Gasteiger partial charge on any atom is -0.477 e. The molecule has 0 unspecified atom stereocenters. The summed E-state index contributed by atoms with van der Waals surface area (Å²) in [6.45, 7) is 0. The molecule has 3 heterocycles. The van der Waals surface area contributed by atoms with E-state index >= 15 is 0 Å². The highest BCUT2D eigenvalue weighted by Gasteiger charge is 2.26. The first-order valence-electron chi connectivity index (χ1n) is 9.12. The molecule has 13 nitrogen and oxygen atoms in total. The summed E-state index contributed by atoms with van der Waals surface area (Å²) < 4.78 is 5.43. The lowest BCUT2D eigenvalue weighted by Gasteiger charge is -2.14. The predicted molar refractivity (Wildman–Crippen MR) is 102 cm³/mol. The Kier molecular flexibility index (Phi) is 4.03. The number of aryl methyl sites for hydroxylation is 1. The van der Waals surface area contributed by atoms with Crippen LogP contribution in [0.25, 0.3) is 17.2 Å². The van der Waals surface area contributed by atoms with Crippen LogP contribution in [0.4, 0.5) is 0 Å². The zero-order valence-electron chi connectivity index (χ0n) is 15.6. The molecule has 1 aliphatic carbocycles. The van der Waals surface area contributed by atoms with Crippen molar-refractivity contribution in [2.45, 2.75) is 18.9 Å². The molecule has 5 rings (SSSR count). The quantitative estimate of drug-likeness (QED) is 0.347. The van der Waals surface area contributed by atoms with Crippen molar-refractivity contribution >= 4 is 17.7 Å². The van der Waals surface area contributed by atoms with E-state index in [-0.39, 0.29) is 23.2 Å². The van der Waals surface area contributed by atoms with Crippen molar-refractivity contribution in [3.8, 4) is 11.4 Å². The third kappa shape index (κ3) is 3.17. The number of carboxylic acid groups (broad SMARTS) is 1. The highest BCUT2D eigenvalue weighted by molar-refractivity contribution is 5.96. The van der Waals surface area contributed by atoms with Crippen LogP contribution < -0.4 is 16.8 Å². The number of hydrogen-bond acceptors (Lipinski definition) is 8. The number of nitrogens with zero attached hydrogens (tertiary/aromatic N) is 4. The number of aromatic carboxylic acids is 1. The standard InChI is InChI=1S/C18H13N7O6/c26-14(11-6-12(15(27)28)25-16(20-11)22-17(29)23-25)19-10-4-2-7-5-8(1-3-9(7)10)13-21-18(30)31-24-13/h1,3,5-6,10H,2,4H2,(H,19,26)(H,23,29)(H,27,28)(H,21,24,30)/t10-/m0/s1. The van der Waals surface area contributed by atoms with Gasteiger partial charge in [0.2, 0.25) is 0 Å². The summed E-state index contributed by atoms with van der Waals surface area (Å²) in [5.41, 5.74) is 1.25. The number of carbonyl (C=O) groups is 2. The summed E-state index contributed by atoms with van der Waals surface area (Å²) in [4.78, 5) is 56.9. The Bertz CT molecular complexity index is 1480. The average Bonchev–Trinajstić information content (AvgIpc) is 3.44. The number of rotatable bonds is 4. The van der Waals surface area contributed by atoms with Crippen LogP contribution in [0, 0.1) is 0 Å². The molecule has 1 aromatic carbocycles. The second kappa shape index (κ2) is 6.76. The first-order valence-corrected chi connectivity index (χ1v) is 9.12. The highest BCUT2D eigenvalue weighted by atomic mass is 16.5. The van der Waals surface area contributed by atoms with Gasteiger partial charge in [0, 0.05) is 11.6 Å². The van der Waals surface area contributed by atoms with E-state index in [4.69, 9.17) is 0 Å². The van der Waals surface area contributed by atoms with Crippen LogP contribution in [-0.4, -0.2) is 46.7 Å². The largest absolute Gasteiger partial charge is 0.477 e. The Labute approximate surface area is 170 Å². The van der Waals surface area contributed by atoms with Gasteiger partial charge in [0.1, 0.15) is 5.69 Å². The summed E-state index contributed by atoms with van der Waals surface area (Å²) in [6, 6.07) is 6.18. The van der Waals surface area contributed by atoms with E-state index in [0.717, 1.165) is 21.7 Å². The summed E-state index contributed by atoms with van der Waals surface area (Å²) in [7, 11) is 0. The van der Waals surface area contributed by atoms with Gasteiger partial charge in [-0.1, -0.05) is 17.3 Å². The maximum atomic E-state index is 12.8. The van der Waals surface area contributed by atoms with Crippen molar-refractivity contribution in [2.24, 2.45) is 0 Å². The third-order valence-corrected chi connectivity index (χ3v) is 5.04. The number of aromatic amines is 2. The molecule has 1 atom stereocenters. The van der Waals surface area contributed by atoms with Gasteiger partial charge in [-0.3, -0.25) is 14.3 Å². The highest BCUT2D eigenvalue weighted by Crippen LogP contribution is 2.33. The van der Waals surface area contributed by atoms with Crippen LogP contribution >= 0.6 is 0 Å². The zero-order chi connectivity index (χ0) is 21.7. The monoisotopic (exact) mass is 423 g/mol. The maximum absolute atomic E-state index is 12.8. The second-order valence-corrected chi connectivity index (χ2v) is 6.92. The molecule has 0 bridgehead atoms. The molecule has 0 radical (unpaired) electrons. The van der Waals surface area contributed by atoms with Gasteiger partial charge >= 0.3 is 17.4 Å². The van der Waals surface area contributed by atoms with Gasteiger partial charge in [-0.15, -0.1) is 0 Å². The topological polar surface area (TPSA) is 188 Å². The Balaban J connectivity index is 1.43. The number of benzene rings is 1. The first-order chi connectivity index (χ1) is 14.9. The molecule has 1 amide bonds. The minimum atomic E-state index is -1.35. The van der Waals surface area contributed by atoms with Crippen LogP contribution in [-0.2, 0) is 6.42 Å². The molecule has 0 fully saturated rings. The number of H-pyrrole nitrogens is 2. The van der Waals surface area contributed by atoms with Crippen LogP contribution in [0.5, 0.6) is 0 Å². The molecule has 1 aliphatic rings. The fourth-order valence-corrected chi connectivity index (χ4v) is 3.66. The Hall–Kier alpha value is -4.55. The number of aromatic nitrogens is 6.